The Balaban J connectivity index is 2.40. The summed E-state index contributed by atoms with van der Waals surface area (Å²) in [7, 11) is 0. The van der Waals surface area contributed by atoms with Crippen LogP contribution in [0.1, 0.15) is 30.6 Å². The van der Waals surface area contributed by atoms with E-state index < -0.39 is 5.54 Å². The van der Waals surface area contributed by atoms with E-state index in [4.69, 9.17) is 5.26 Å². The van der Waals surface area contributed by atoms with Gasteiger partial charge in [-0.3, -0.25) is 4.79 Å². The Kier molecular flexibility index (Phi) is 3.52. The number of nitrogens with one attached hydrogen (secondary N) is 1. The zero-order valence-electron chi connectivity index (χ0n) is 11.1. The molecular formula is C16H16N2O. The average molecular weight is 252 g/mol. The molecule has 0 spiro atoms. The van der Waals surface area contributed by atoms with Gasteiger partial charge in [-0.15, -0.1) is 0 Å². The quantitative estimate of drug-likeness (QED) is 0.911. The number of benzene rings is 2. The van der Waals surface area contributed by atoms with E-state index >= 15 is 0 Å². The van der Waals surface area contributed by atoms with E-state index in [0.717, 1.165) is 10.8 Å². The van der Waals surface area contributed by atoms with Crippen LogP contribution in [-0.4, -0.2) is 11.4 Å². The molecule has 2 rings (SSSR count). The van der Waals surface area contributed by atoms with Crippen molar-refractivity contribution in [2.45, 2.75) is 25.8 Å². The number of nitrogens with zero attached hydrogens (tertiary/aromatic N) is 1. The number of nitriles is 1. The summed E-state index contributed by atoms with van der Waals surface area (Å²) in [6.07, 6.45) is 0.569. The third kappa shape index (κ3) is 2.58. The fourth-order valence-corrected chi connectivity index (χ4v) is 1.94. The highest BCUT2D eigenvalue weighted by Gasteiger charge is 2.24. The molecule has 1 unspecified atom stereocenters. The normalized spacial score (nSPS) is 13.5. The lowest BCUT2D eigenvalue weighted by Crippen LogP contribution is -2.44. The molecule has 1 amide bonds. The van der Waals surface area contributed by atoms with Crippen molar-refractivity contribution in [3.63, 3.8) is 0 Å². The Bertz CT molecular complexity index is 652. The van der Waals surface area contributed by atoms with Crippen molar-refractivity contribution in [3.8, 4) is 6.07 Å². The van der Waals surface area contributed by atoms with E-state index in [2.05, 4.69) is 11.4 Å². The first-order valence-electron chi connectivity index (χ1n) is 6.31. The largest absolute Gasteiger partial charge is 0.334 e. The van der Waals surface area contributed by atoms with Crippen LogP contribution in [0.3, 0.4) is 0 Å². The number of carbonyl (C=O) groups excluding carboxylic acids is 1. The molecule has 96 valence electrons. The van der Waals surface area contributed by atoms with Gasteiger partial charge in [-0.25, -0.2) is 0 Å². The van der Waals surface area contributed by atoms with E-state index in [1.165, 1.54) is 0 Å². The lowest BCUT2D eigenvalue weighted by atomic mass is 9.99. The number of amides is 1. The first-order valence-corrected chi connectivity index (χ1v) is 6.31. The highest BCUT2D eigenvalue weighted by molar-refractivity contribution is 6.07. The fourth-order valence-electron chi connectivity index (χ4n) is 1.94. The molecule has 0 radical (unpaired) electrons. The minimum atomic E-state index is -0.825. The number of rotatable bonds is 3. The number of carbonyl (C=O) groups is 1. The molecule has 1 N–H and O–H groups in total. The summed E-state index contributed by atoms with van der Waals surface area (Å²) in [6.45, 7) is 3.61. The molecule has 0 aliphatic rings. The number of fused-ring (bicyclic) bond motifs is 1. The van der Waals surface area contributed by atoms with Crippen LogP contribution in [-0.2, 0) is 0 Å². The van der Waals surface area contributed by atoms with Gasteiger partial charge in [0, 0.05) is 5.56 Å². The Hall–Kier alpha value is -2.34. The summed E-state index contributed by atoms with van der Waals surface area (Å²) >= 11 is 0. The number of hydrogen-bond acceptors (Lipinski definition) is 2. The molecule has 3 heteroatoms. The van der Waals surface area contributed by atoms with Gasteiger partial charge in [-0.2, -0.15) is 5.26 Å². The lowest BCUT2D eigenvalue weighted by Gasteiger charge is -2.21. The van der Waals surface area contributed by atoms with Gasteiger partial charge in [0.05, 0.1) is 6.07 Å². The molecule has 0 bridgehead atoms. The van der Waals surface area contributed by atoms with Gasteiger partial charge in [0.15, 0.2) is 0 Å². The average Bonchev–Trinajstić information content (AvgIpc) is 2.46. The van der Waals surface area contributed by atoms with Crippen molar-refractivity contribution in [2.75, 3.05) is 0 Å². The minimum absolute atomic E-state index is 0.206. The Morgan fingerprint density at radius 2 is 1.95 bits per heavy atom. The second-order valence-electron chi connectivity index (χ2n) is 4.78. The predicted molar refractivity (Wildman–Crippen MR) is 75.7 cm³/mol. The third-order valence-electron chi connectivity index (χ3n) is 3.38. The van der Waals surface area contributed by atoms with E-state index in [1.54, 1.807) is 13.0 Å². The summed E-state index contributed by atoms with van der Waals surface area (Å²) in [5, 5.41) is 13.9. The maximum atomic E-state index is 12.3. The predicted octanol–water partition coefficient (Wildman–Crippen LogP) is 3.26. The van der Waals surface area contributed by atoms with Crippen molar-refractivity contribution in [2.24, 2.45) is 0 Å². The third-order valence-corrected chi connectivity index (χ3v) is 3.38. The van der Waals surface area contributed by atoms with Crippen LogP contribution >= 0.6 is 0 Å². The standard InChI is InChI=1S/C16H16N2O/c1-3-16(2,11-17)18-15(19)14-10-6-8-12-7-4-5-9-13(12)14/h4-10H,3H2,1-2H3,(H,18,19). The molecule has 2 aromatic carbocycles. The Labute approximate surface area is 112 Å². The zero-order valence-corrected chi connectivity index (χ0v) is 11.1. The first kappa shape index (κ1) is 13.1. The summed E-state index contributed by atoms with van der Waals surface area (Å²) in [5.41, 5.74) is -0.221. The van der Waals surface area contributed by atoms with Gasteiger partial charge >= 0.3 is 0 Å². The summed E-state index contributed by atoms with van der Waals surface area (Å²) < 4.78 is 0. The molecular weight excluding hydrogens is 236 g/mol. The molecule has 2 aromatic rings. The molecule has 0 fully saturated rings. The van der Waals surface area contributed by atoms with Gasteiger partial charge in [0.2, 0.25) is 0 Å². The van der Waals surface area contributed by atoms with Gasteiger partial charge in [-0.1, -0.05) is 43.3 Å². The second kappa shape index (κ2) is 5.11. The molecule has 0 heterocycles. The van der Waals surface area contributed by atoms with Crippen LogP contribution in [0.25, 0.3) is 10.8 Å². The van der Waals surface area contributed by atoms with Crippen LogP contribution < -0.4 is 5.32 Å². The van der Waals surface area contributed by atoms with E-state index in [1.807, 2.05) is 43.3 Å². The summed E-state index contributed by atoms with van der Waals surface area (Å²) in [6, 6.07) is 15.5. The maximum absolute atomic E-state index is 12.3. The molecule has 19 heavy (non-hydrogen) atoms. The minimum Gasteiger partial charge on any atom is -0.334 e. The van der Waals surface area contributed by atoms with Crippen molar-refractivity contribution < 1.29 is 4.79 Å². The van der Waals surface area contributed by atoms with Crippen LogP contribution in [0, 0.1) is 11.3 Å². The molecule has 0 aliphatic heterocycles. The highest BCUT2D eigenvalue weighted by Crippen LogP contribution is 2.19. The molecule has 0 aromatic heterocycles. The topological polar surface area (TPSA) is 52.9 Å². The van der Waals surface area contributed by atoms with Crippen molar-refractivity contribution >= 4 is 16.7 Å². The molecule has 0 saturated carbocycles. The van der Waals surface area contributed by atoms with Gasteiger partial charge in [0.25, 0.3) is 5.91 Å². The van der Waals surface area contributed by atoms with E-state index in [-0.39, 0.29) is 5.91 Å². The van der Waals surface area contributed by atoms with Gasteiger partial charge in [0.1, 0.15) is 5.54 Å². The molecule has 0 aliphatic carbocycles. The van der Waals surface area contributed by atoms with Gasteiger partial charge < -0.3 is 5.32 Å². The molecule has 3 nitrogen and oxygen atoms in total. The monoisotopic (exact) mass is 252 g/mol. The first-order chi connectivity index (χ1) is 9.09. The maximum Gasteiger partial charge on any atom is 0.253 e. The fraction of sp³-hybridized carbons (Fsp3) is 0.250. The molecule has 1 atom stereocenters. The van der Waals surface area contributed by atoms with Crippen LogP contribution in [0.15, 0.2) is 42.5 Å². The Morgan fingerprint density at radius 3 is 2.63 bits per heavy atom. The van der Waals surface area contributed by atoms with Crippen LogP contribution in [0.2, 0.25) is 0 Å². The lowest BCUT2D eigenvalue weighted by molar-refractivity contribution is 0.0924. The highest BCUT2D eigenvalue weighted by atomic mass is 16.1. The SMILES string of the molecule is CCC(C)(C#N)NC(=O)c1cccc2ccccc12. The Morgan fingerprint density at radius 1 is 1.26 bits per heavy atom. The van der Waals surface area contributed by atoms with Gasteiger partial charge in [-0.05, 0) is 30.2 Å². The van der Waals surface area contributed by atoms with E-state index in [0.29, 0.717) is 12.0 Å². The smallest absolute Gasteiger partial charge is 0.253 e. The van der Waals surface area contributed by atoms with Crippen molar-refractivity contribution in [1.29, 1.82) is 5.26 Å². The zero-order chi connectivity index (χ0) is 13.9. The second-order valence-corrected chi connectivity index (χ2v) is 4.78. The van der Waals surface area contributed by atoms with Crippen LogP contribution in [0.4, 0.5) is 0 Å². The van der Waals surface area contributed by atoms with Crippen LogP contribution in [0.5, 0.6) is 0 Å². The number of hydrogen-bond donors (Lipinski definition) is 1. The van der Waals surface area contributed by atoms with Crippen molar-refractivity contribution in [1.82, 2.24) is 5.32 Å². The molecule has 0 saturated heterocycles. The summed E-state index contributed by atoms with van der Waals surface area (Å²) in [5.74, 6) is -0.206. The summed E-state index contributed by atoms with van der Waals surface area (Å²) in [4.78, 5) is 12.3. The van der Waals surface area contributed by atoms with E-state index in [9.17, 15) is 4.79 Å². The van der Waals surface area contributed by atoms with Crippen molar-refractivity contribution in [3.05, 3.63) is 48.0 Å².